The van der Waals surface area contributed by atoms with E-state index in [-0.39, 0.29) is 23.0 Å². The second kappa shape index (κ2) is 7.27. The van der Waals surface area contributed by atoms with Crippen molar-refractivity contribution in [2.75, 3.05) is 18.4 Å². The average Bonchev–Trinajstić information content (AvgIpc) is 2.62. The molecule has 2 N–H and O–H groups in total. The summed E-state index contributed by atoms with van der Waals surface area (Å²) in [4.78, 5) is 19.9. The molecule has 1 saturated heterocycles. The Balaban J connectivity index is 1.78. The van der Waals surface area contributed by atoms with Crippen molar-refractivity contribution in [3.05, 3.63) is 59.3 Å². The predicted octanol–water partition coefficient (Wildman–Crippen LogP) is 2.93. The van der Waals surface area contributed by atoms with Gasteiger partial charge in [-0.25, -0.2) is 18.7 Å². The molecule has 2 aromatic heterocycles. The van der Waals surface area contributed by atoms with Gasteiger partial charge in [0.05, 0.1) is 6.20 Å². The molecule has 124 valence electrons. The van der Waals surface area contributed by atoms with E-state index in [9.17, 15) is 13.6 Å². The van der Waals surface area contributed by atoms with Crippen molar-refractivity contribution < 1.29 is 13.6 Å². The first kappa shape index (κ1) is 16.2. The molecule has 24 heavy (non-hydrogen) atoms. The van der Waals surface area contributed by atoms with Crippen LogP contribution < -0.4 is 10.6 Å². The lowest BCUT2D eigenvalue weighted by Crippen LogP contribution is -2.23. The fraction of sp³-hybridized carbons (Fsp3) is 0.235. The molecule has 7 heteroatoms. The number of pyridine rings is 2. The van der Waals surface area contributed by atoms with Gasteiger partial charge in [0.25, 0.3) is 5.91 Å². The number of nitrogens with zero attached hydrogens (tertiary/aromatic N) is 2. The van der Waals surface area contributed by atoms with Crippen molar-refractivity contribution >= 4 is 17.6 Å². The van der Waals surface area contributed by atoms with Crippen molar-refractivity contribution in [3.63, 3.8) is 0 Å². The minimum absolute atomic E-state index is 0.0563. The summed E-state index contributed by atoms with van der Waals surface area (Å²) in [6.45, 7) is 1.49. The number of piperidine rings is 1. The van der Waals surface area contributed by atoms with Crippen LogP contribution in [0, 0.1) is 5.82 Å². The maximum absolute atomic E-state index is 14.5. The molecule has 0 saturated carbocycles. The Morgan fingerprint density at radius 2 is 1.92 bits per heavy atom. The molecule has 5 nitrogen and oxygen atoms in total. The number of hydrogen-bond acceptors (Lipinski definition) is 4. The predicted molar refractivity (Wildman–Crippen MR) is 86.5 cm³/mol. The van der Waals surface area contributed by atoms with Crippen LogP contribution in [-0.2, 0) is 0 Å². The third-order valence-electron chi connectivity index (χ3n) is 3.69. The standard InChI is InChI=1S/C17H16F2N4O/c18-12-4-5-14(21-10-12)17(24)23-15-3-1-2-13(22-15)16(19)11-6-8-20-9-7-11/h1-5,10,20H,6-9H2,(H,22,23,24). The Labute approximate surface area is 137 Å². The van der Waals surface area contributed by atoms with Crippen molar-refractivity contribution in [1.82, 2.24) is 15.3 Å². The van der Waals surface area contributed by atoms with Gasteiger partial charge in [-0.1, -0.05) is 6.07 Å². The monoisotopic (exact) mass is 330 g/mol. The van der Waals surface area contributed by atoms with E-state index in [4.69, 9.17) is 0 Å². The van der Waals surface area contributed by atoms with E-state index in [2.05, 4.69) is 20.6 Å². The Morgan fingerprint density at radius 1 is 1.12 bits per heavy atom. The molecular formula is C17H16F2N4O. The summed E-state index contributed by atoms with van der Waals surface area (Å²) in [6, 6.07) is 7.16. The van der Waals surface area contributed by atoms with E-state index < -0.39 is 11.7 Å². The minimum atomic E-state index is -0.533. The lowest BCUT2D eigenvalue weighted by molar-refractivity contribution is 0.102. The second-order valence-corrected chi connectivity index (χ2v) is 5.39. The lowest BCUT2D eigenvalue weighted by Gasteiger charge is -2.16. The number of amides is 1. The number of rotatable bonds is 3. The Bertz CT molecular complexity index is 766. The summed E-state index contributed by atoms with van der Waals surface area (Å²) in [7, 11) is 0. The van der Waals surface area contributed by atoms with Crippen LogP contribution in [0.25, 0.3) is 5.83 Å². The molecule has 3 heterocycles. The highest BCUT2D eigenvalue weighted by atomic mass is 19.1. The fourth-order valence-electron chi connectivity index (χ4n) is 2.45. The molecule has 3 rings (SSSR count). The van der Waals surface area contributed by atoms with Crippen molar-refractivity contribution in [2.24, 2.45) is 0 Å². The first-order chi connectivity index (χ1) is 11.6. The zero-order valence-electron chi connectivity index (χ0n) is 12.9. The van der Waals surface area contributed by atoms with Gasteiger partial charge in [0.15, 0.2) is 0 Å². The zero-order chi connectivity index (χ0) is 16.9. The van der Waals surface area contributed by atoms with Gasteiger partial charge < -0.3 is 10.6 Å². The molecule has 0 bridgehead atoms. The highest BCUT2D eigenvalue weighted by Gasteiger charge is 2.15. The first-order valence-corrected chi connectivity index (χ1v) is 7.62. The topological polar surface area (TPSA) is 66.9 Å². The van der Waals surface area contributed by atoms with Gasteiger partial charge in [-0.15, -0.1) is 0 Å². The molecule has 0 radical (unpaired) electrons. The highest BCUT2D eigenvalue weighted by Crippen LogP contribution is 2.25. The quantitative estimate of drug-likeness (QED) is 0.908. The van der Waals surface area contributed by atoms with Crippen LogP contribution in [0.2, 0.25) is 0 Å². The number of hydrogen-bond donors (Lipinski definition) is 2. The van der Waals surface area contributed by atoms with E-state index in [0.717, 1.165) is 30.9 Å². The van der Waals surface area contributed by atoms with Gasteiger partial charge in [0.2, 0.25) is 0 Å². The van der Waals surface area contributed by atoms with E-state index in [0.29, 0.717) is 12.8 Å². The molecule has 2 aromatic rings. The molecule has 0 unspecified atom stereocenters. The smallest absolute Gasteiger partial charge is 0.275 e. The Kier molecular flexibility index (Phi) is 4.90. The Hall–Kier alpha value is -2.67. The molecule has 1 aliphatic heterocycles. The summed E-state index contributed by atoms with van der Waals surface area (Å²) >= 11 is 0. The number of carbonyl (C=O) groups excluding carboxylic acids is 1. The highest BCUT2D eigenvalue weighted by molar-refractivity contribution is 6.02. The number of nitrogens with one attached hydrogen (secondary N) is 2. The van der Waals surface area contributed by atoms with Gasteiger partial charge in [0.1, 0.15) is 28.8 Å². The maximum Gasteiger partial charge on any atom is 0.275 e. The first-order valence-electron chi connectivity index (χ1n) is 7.62. The lowest BCUT2D eigenvalue weighted by atomic mass is 10.0. The van der Waals surface area contributed by atoms with Crippen LogP contribution in [0.5, 0.6) is 0 Å². The second-order valence-electron chi connectivity index (χ2n) is 5.39. The maximum atomic E-state index is 14.5. The summed E-state index contributed by atoms with van der Waals surface area (Å²) in [6.07, 6.45) is 2.24. The van der Waals surface area contributed by atoms with E-state index in [1.807, 2.05) is 0 Å². The van der Waals surface area contributed by atoms with Crippen LogP contribution >= 0.6 is 0 Å². The van der Waals surface area contributed by atoms with Gasteiger partial charge in [0, 0.05) is 0 Å². The van der Waals surface area contributed by atoms with Crippen molar-refractivity contribution in [3.8, 4) is 0 Å². The SMILES string of the molecule is O=C(Nc1cccc(C(F)=C2CCNCC2)n1)c1ccc(F)cn1. The van der Waals surface area contributed by atoms with Gasteiger partial charge >= 0.3 is 0 Å². The normalized spacial score (nSPS) is 14.3. The number of halogens is 2. The zero-order valence-corrected chi connectivity index (χ0v) is 12.9. The molecule has 0 spiro atoms. The molecule has 1 fully saturated rings. The minimum Gasteiger partial charge on any atom is -0.316 e. The molecular weight excluding hydrogens is 314 g/mol. The Morgan fingerprint density at radius 3 is 2.62 bits per heavy atom. The summed E-state index contributed by atoms with van der Waals surface area (Å²) in [5.41, 5.74) is 0.975. The van der Waals surface area contributed by atoms with Gasteiger partial charge in [-0.3, -0.25) is 4.79 Å². The molecule has 0 atom stereocenters. The largest absolute Gasteiger partial charge is 0.316 e. The molecule has 0 aliphatic carbocycles. The van der Waals surface area contributed by atoms with Crippen molar-refractivity contribution in [1.29, 1.82) is 0 Å². The van der Waals surface area contributed by atoms with Gasteiger partial charge in [-0.2, -0.15) is 0 Å². The van der Waals surface area contributed by atoms with E-state index in [1.54, 1.807) is 18.2 Å². The molecule has 1 aliphatic rings. The van der Waals surface area contributed by atoms with Crippen LogP contribution in [0.1, 0.15) is 29.0 Å². The number of anilines is 1. The van der Waals surface area contributed by atoms with Crippen LogP contribution in [0.3, 0.4) is 0 Å². The van der Waals surface area contributed by atoms with Crippen LogP contribution in [-0.4, -0.2) is 29.0 Å². The number of aromatic nitrogens is 2. The van der Waals surface area contributed by atoms with Crippen LogP contribution in [0.15, 0.2) is 42.1 Å². The summed E-state index contributed by atoms with van der Waals surface area (Å²) < 4.78 is 27.4. The average molecular weight is 330 g/mol. The van der Waals surface area contributed by atoms with Gasteiger partial charge in [-0.05, 0) is 55.8 Å². The summed E-state index contributed by atoms with van der Waals surface area (Å²) in [5, 5.41) is 5.71. The van der Waals surface area contributed by atoms with Crippen LogP contribution in [0.4, 0.5) is 14.6 Å². The molecule has 0 aromatic carbocycles. The van der Waals surface area contributed by atoms with E-state index in [1.165, 1.54) is 6.07 Å². The molecule has 1 amide bonds. The fourth-order valence-corrected chi connectivity index (χ4v) is 2.45. The van der Waals surface area contributed by atoms with E-state index >= 15 is 0 Å². The van der Waals surface area contributed by atoms with Crippen molar-refractivity contribution in [2.45, 2.75) is 12.8 Å². The number of carbonyl (C=O) groups is 1. The third-order valence-corrected chi connectivity index (χ3v) is 3.69. The summed E-state index contributed by atoms with van der Waals surface area (Å²) in [5.74, 6) is -1.18. The third kappa shape index (κ3) is 3.80.